The van der Waals surface area contributed by atoms with E-state index in [2.05, 4.69) is 0 Å². The van der Waals surface area contributed by atoms with E-state index in [-0.39, 0.29) is 42.2 Å². The maximum absolute atomic E-state index is 14.3. The fourth-order valence-corrected chi connectivity index (χ4v) is 7.93. The number of aromatic hydroxyl groups is 1. The number of phenols is 1. The summed E-state index contributed by atoms with van der Waals surface area (Å²) in [6.07, 6.45) is 1.32. The number of hydrogen-bond acceptors (Lipinski definition) is 7. The molecule has 4 aliphatic rings. The van der Waals surface area contributed by atoms with Gasteiger partial charge in [0.2, 0.25) is 11.8 Å². The van der Waals surface area contributed by atoms with Crippen LogP contribution >= 0.6 is 23.2 Å². The summed E-state index contributed by atoms with van der Waals surface area (Å²) in [5.74, 6) is -8.56. The quantitative estimate of drug-likeness (QED) is 0.303. The van der Waals surface area contributed by atoms with E-state index in [0.29, 0.717) is 10.5 Å². The van der Waals surface area contributed by atoms with Gasteiger partial charge in [-0.1, -0.05) is 23.8 Å². The van der Waals surface area contributed by atoms with Gasteiger partial charge < -0.3 is 15.6 Å². The summed E-state index contributed by atoms with van der Waals surface area (Å²) in [6, 6.07) is 7.98. The number of alkyl halides is 2. The van der Waals surface area contributed by atoms with Crippen LogP contribution in [0.4, 0.5) is 14.9 Å². The number of fused-ring (bicyclic) bond motifs is 4. The van der Waals surface area contributed by atoms with E-state index in [4.69, 9.17) is 33.7 Å². The fraction of sp³-hybridized carbons (Fsp3) is 0.345. The van der Waals surface area contributed by atoms with Crippen molar-refractivity contribution in [2.75, 3.05) is 11.5 Å². The number of carbonyl (C=O) groups excluding carboxylic acids is 5. The van der Waals surface area contributed by atoms with Crippen LogP contribution in [-0.4, -0.2) is 56.0 Å². The molecule has 13 heteroatoms. The van der Waals surface area contributed by atoms with Gasteiger partial charge in [-0.2, -0.15) is 4.90 Å². The van der Waals surface area contributed by atoms with E-state index >= 15 is 0 Å². The van der Waals surface area contributed by atoms with Crippen LogP contribution in [-0.2, 0) is 19.2 Å². The number of halogens is 3. The van der Waals surface area contributed by atoms with Gasteiger partial charge in [0.25, 0.3) is 11.8 Å². The number of amides is 6. The zero-order chi connectivity index (χ0) is 30.3. The molecule has 1 saturated carbocycles. The third-order valence-electron chi connectivity index (χ3n) is 8.76. The Balaban J connectivity index is 1.58. The molecule has 42 heavy (non-hydrogen) atoms. The molecule has 6 rings (SSSR count). The Kier molecular flexibility index (Phi) is 6.39. The number of phenolic OH excluding ortho intramolecular Hbond substituents is 1. The lowest BCUT2D eigenvalue weighted by Crippen LogP contribution is -2.60. The average molecular weight is 616 g/mol. The lowest BCUT2D eigenvalue weighted by molar-refractivity contribution is -0.136. The summed E-state index contributed by atoms with van der Waals surface area (Å²) in [5.41, 5.74) is 5.89. The van der Waals surface area contributed by atoms with Crippen molar-refractivity contribution in [1.29, 1.82) is 0 Å². The van der Waals surface area contributed by atoms with E-state index in [1.165, 1.54) is 24.3 Å². The molecular weight excluding hydrogens is 592 g/mol. The van der Waals surface area contributed by atoms with Gasteiger partial charge in [-0.15, -0.1) is 23.2 Å². The number of benzene rings is 2. The normalized spacial score (nSPS) is 32.0. The Morgan fingerprint density at radius 2 is 1.76 bits per heavy atom. The summed E-state index contributed by atoms with van der Waals surface area (Å²) in [4.78, 5) is 63.7. The Labute approximate surface area is 248 Å². The maximum atomic E-state index is 14.3. The van der Waals surface area contributed by atoms with Crippen LogP contribution in [0, 0.1) is 23.6 Å². The molecule has 2 aromatic carbocycles. The molecule has 2 heterocycles. The van der Waals surface area contributed by atoms with Crippen molar-refractivity contribution in [2.24, 2.45) is 23.5 Å². The molecule has 2 aliphatic heterocycles. The van der Waals surface area contributed by atoms with Gasteiger partial charge in [0.05, 0.1) is 24.1 Å². The predicted octanol–water partition coefficient (Wildman–Crippen LogP) is 3.57. The van der Waals surface area contributed by atoms with E-state index in [9.17, 15) is 33.5 Å². The van der Waals surface area contributed by atoms with Gasteiger partial charge in [-0.3, -0.25) is 19.2 Å². The van der Waals surface area contributed by atoms with Crippen molar-refractivity contribution in [1.82, 2.24) is 4.90 Å². The minimum atomic E-state index is -2.23. The molecule has 3 N–H and O–H groups in total. The summed E-state index contributed by atoms with van der Waals surface area (Å²) in [5, 5.41) is 11.3. The Bertz CT molecular complexity index is 1610. The van der Waals surface area contributed by atoms with Crippen molar-refractivity contribution in [2.45, 2.75) is 35.4 Å². The summed E-state index contributed by atoms with van der Waals surface area (Å²) >= 11 is 14.5. The smallest absolute Gasteiger partial charge is 0.328 e. The van der Waals surface area contributed by atoms with Gasteiger partial charge >= 0.3 is 6.03 Å². The number of likely N-dealkylation sites (tertiary alicyclic amines) is 1. The van der Waals surface area contributed by atoms with Crippen LogP contribution in [0.2, 0.25) is 0 Å². The molecule has 2 aliphatic carbocycles. The number of anilines is 1. The molecule has 0 aromatic heterocycles. The first kappa shape index (κ1) is 28.2. The molecule has 218 valence electrons. The average Bonchev–Trinajstić information content (AvgIpc) is 3.29. The van der Waals surface area contributed by atoms with Crippen LogP contribution in [0.1, 0.15) is 31.2 Å². The number of imide groups is 4. The highest BCUT2D eigenvalue weighted by Crippen LogP contribution is 2.66. The van der Waals surface area contributed by atoms with E-state index in [0.717, 1.165) is 17.0 Å². The van der Waals surface area contributed by atoms with Crippen LogP contribution in [0.25, 0.3) is 0 Å². The Morgan fingerprint density at radius 3 is 2.40 bits per heavy atom. The second-order valence-electron chi connectivity index (χ2n) is 10.7. The summed E-state index contributed by atoms with van der Waals surface area (Å²) in [7, 11) is 0. The number of primary amides is 1. The van der Waals surface area contributed by atoms with Crippen LogP contribution in [0.3, 0.4) is 0 Å². The van der Waals surface area contributed by atoms with Gasteiger partial charge in [-0.25, -0.2) is 14.1 Å². The zero-order valence-corrected chi connectivity index (χ0v) is 23.6. The van der Waals surface area contributed by atoms with Gasteiger partial charge in [-0.05, 0) is 56.0 Å². The highest BCUT2D eigenvalue weighted by molar-refractivity contribution is 6.58. The molecule has 6 amide bonds. The second kappa shape index (κ2) is 9.53. The molecule has 0 bridgehead atoms. The van der Waals surface area contributed by atoms with Crippen LogP contribution in [0.5, 0.6) is 11.5 Å². The minimum absolute atomic E-state index is 0.0132. The second-order valence-corrected chi connectivity index (χ2v) is 12.0. The van der Waals surface area contributed by atoms with Crippen molar-refractivity contribution in [3.63, 3.8) is 0 Å². The number of nitrogens with zero attached hydrogens (tertiary/aromatic N) is 2. The topological polar surface area (TPSA) is 147 Å². The number of allylic oxidation sites excluding steroid dienone is 2. The first-order valence-electron chi connectivity index (χ1n) is 13.2. The first-order chi connectivity index (χ1) is 19.9. The standard InChI is InChI=1S/C29H24Cl2FN3O7/c1-2-42-19-5-3-4-17(22(19)36)21-15-10-11-16-20(24(38)35(23(16)37)27(33)41)18(15)12-28(30)25(39)34(26(40)29(21,28)31)14-8-6-13(32)7-9-14/h3-10,16,18,20-21,36H,2,11-12H2,1H3,(H2,33,41). The number of para-hydroxylation sites is 1. The van der Waals surface area contributed by atoms with Crippen molar-refractivity contribution in [3.8, 4) is 11.5 Å². The number of hydrogen-bond donors (Lipinski definition) is 2. The minimum Gasteiger partial charge on any atom is -0.504 e. The zero-order valence-electron chi connectivity index (χ0n) is 22.1. The van der Waals surface area contributed by atoms with Gasteiger partial charge in [0, 0.05) is 11.5 Å². The van der Waals surface area contributed by atoms with Gasteiger partial charge in [0.15, 0.2) is 21.2 Å². The molecule has 10 nitrogen and oxygen atoms in total. The predicted molar refractivity (Wildman–Crippen MR) is 147 cm³/mol. The highest BCUT2D eigenvalue weighted by atomic mass is 35.5. The van der Waals surface area contributed by atoms with E-state index in [1.54, 1.807) is 19.1 Å². The summed E-state index contributed by atoms with van der Waals surface area (Å²) < 4.78 is 19.3. The molecule has 2 saturated heterocycles. The number of carbonyl (C=O) groups is 5. The van der Waals surface area contributed by atoms with Crippen molar-refractivity contribution in [3.05, 3.63) is 65.5 Å². The lowest BCUT2D eigenvalue weighted by Gasteiger charge is -2.50. The van der Waals surface area contributed by atoms with Crippen LogP contribution < -0.4 is 15.4 Å². The number of rotatable bonds is 4. The summed E-state index contributed by atoms with van der Waals surface area (Å²) in [6.45, 7) is 1.92. The number of ether oxygens (including phenoxy) is 1. The number of urea groups is 1. The molecule has 0 spiro atoms. The molecule has 0 radical (unpaired) electrons. The first-order valence-corrected chi connectivity index (χ1v) is 14.0. The third kappa shape index (κ3) is 3.53. The maximum Gasteiger partial charge on any atom is 0.328 e. The fourth-order valence-electron chi connectivity index (χ4n) is 7.01. The lowest BCUT2D eigenvalue weighted by atomic mass is 9.56. The Hall–Kier alpha value is -3.96. The largest absolute Gasteiger partial charge is 0.504 e. The molecule has 6 unspecified atom stereocenters. The monoisotopic (exact) mass is 615 g/mol. The molecular formula is C29H24Cl2FN3O7. The Morgan fingerprint density at radius 1 is 1.07 bits per heavy atom. The molecule has 3 fully saturated rings. The van der Waals surface area contributed by atoms with Gasteiger partial charge in [0.1, 0.15) is 5.82 Å². The van der Waals surface area contributed by atoms with E-state index in [1.807, 2.05) is 0 Å². The van der Waals surface area contributed by atoms with Crippen molar-refractivity contribution >= 4 is 58.5 Å². The number of nitrogens with two attached hydrogens (primary N) is 1. The highest BCUT2D eigenvalue weighted by Gasteiger charge is 2.77. The molecule has 2 aromatic rings. The van der Waals surface area contributed by atoms with Crippen LogP contribution in [0.15, 0.2) is 54.1 Å². The van der Waals surface area contributed by atoms with Crippen molar-refractivity contribution < 1.29 is 38.2 Å². The third-order valence-corrected chi connectivity index (χ3v) is 10.2. The molecule has 6 atom stereocenters. The SMILES string of the molecule is CCOc1cccc(C2C3=CCC4C(=O)N(C(N)=O)C(=O)C4C3CC3(Cl)C(=O)N(c4ccc(F)cc4)C(=O)C23Cl)c1O. The van der Waals surface area contributed by atoms with E-state index < -0.39 is 68.9 Å².